The maximum Gasteiger partial charge on any atom is 0.317 e. The number of likely N-dealkylation sites (tertiary alicyclic amines) is 1. The minimum absolute atomic E-state index is 0.0949. The van der Waals surface area contributed by atoms with Gasteiger partial charge in [-0.1, -0.05) is 31.4 Å². The van der Waals surface area contributed by atoms with Crippen molar-refractivity contribution < 1.29 is 9.59 Å². The number of piperazine rings is 1. The van der Waals surface area contributed by atoms with Crippen LogP contribution < -0.4 is 15.5 Å². The summed E-state index contributed by atoms with van der Waals surface area (Å²) < 4.78 is 0. The van der Waals surface area contributed by atoms with E-state index in [9.17, 15) is 9.59 Å². The average Bonchev–Trinajstić information content (AvgIpc) is 2.87. The van der Waals surface area contributed by atoms with Crippen LogP contribution in [0.3, 0.4) is 0 Å². The number of anilines is 1. The highest BCUT2D eigenvalue weighted by molar-refractivity contribution is 5.76. The van der Waals surface area contributed by atoms with Crippen molar-refractivity contribution in [2.75, 3.05) is 57.3 Å². The maximum absolute atomic E-state index is 12.5. The van der Waals surface area contributed by atoms with Crippen LogP contribution in [0.2, 0.25) is 0 Å². The molecule has 0 unspecified atom stereocenters. The molecule has 0 aromatic heterocycles. The summed E-state index contributed by atoms with van der Waals surface area (Å²) in [5.74, 6) is 0.541. The van der Waals surface area contributed by atoms with Crippen molar-refractivity contribution in [3.05, 3.63) is 29.3 Å². The molecule has 4 rings (SSSR count). The number of carbonyl (C=O) groups is 2. The summed E-state index contributed by atoms with van der Waals surface area (Å²) >= 11 is 0. The van der Waals surface area contributed by atoms with Gasteiger partial charge in [-0.3, -0.25) is 9.69 Å². The summed E-state index contributed by atoms with van der Waals surface area (Å²) in [6, 6.07) is 7.00. The third-order valence-corrected chi connectivity index (χ3v) is 8.35. The van der Waals surface area contributed by atoms with Crippen LogP contribution in [0.15, 0.2) is 18.2 Å². The van der Waals surface area contributed by atoms with Crippen molar-refractivity contribution in [3.8, 4) is 0 Å². The molecule has 3 fully saturated rings. The third-order valence-electron chi connectivity index (χ3n) is 8.35. The van der Waals surface area contributed by atoms with Crippen molar-refractivity contribution >= 4 is 17.6 Å². The average molecular weight is 484 g/mol. The second kappa shape index (κ2) is 12.6. The van der Waals surface area contributed by atoms with E-state index in [1.54, 1.807) is 0 Å². The lowest BCUT2D eigenvalue weighted by molar-refractivity contribution is -0.122. The first-order chi connectivity index (χ1) is 17.0. The van der Waals surface area contributed by atoms with Crippen LogP contribution in [0.4, 0.5) is 10.5 Å². The van der Waals surface area contributed by atoms with Gasteiger partial charge in [0.25, 0.3) is 0 Å². The number of rotatable bonds is 7. The van der Waals surface area contributed by atoms with Gasteiger partial charge in [-0.25, -0.2) is 4.79 Å². The molecule has 1 aromatic carbocycles. The molecule has 35 heavy (non-hydrogen) atoms. The molecule has 0 radical (unpaired) electrons. The molecular weight excluding hydrogens is 438 g/mol. The van der Waals surface area contributed by atoms with E-state index in [0.29, 0.717) is 24.9 Å². The minimum atomic E-state index is 0.0949. The van der Waals surface area contributed by atoms with E-state index in [-0.39, 0.29) is 11.9 Å². The quantitative estimate of drug-likeness (QED) is 0.621. The molecule has 194 valence electrons. The van der Waals surface area contributed by atoms with E-state index < -0.39 is 0 Å². The Morgan fingerprint density at radius 2 is 1.63 bits per heavy atom. The van der Waals surface area contributed by atoms with Crippen LogP contribution in [0.5, 0.6) is 0 Å². The lowest BCUT2D eigenvalue weighted by atomic mass is 9.93. The Labute approximate surface area is 211 Å². The molecule has 1 aromatic rings. The van der Waals surface area contributed by atoms with Gasteiger partial charge in [0.05, 0.1) is 0 Å². The Balaban J connectivity index is 1.08. The topological polar surface area (TPSA) is 67.9 Å². The zero-order valence-electron chi connectivity index (χ0n) is 21.9. The zero-order valence-corrected chi connectivity index (χ0v) is 21.9. The van der Waals surface area contributed by atoms with Gasteiger partial charge in [-0.15, -0.1) is 0 Å². The van der Waals surface area contributed by atoms with Crippen molar-refractivity contribution in [1.29, 1.82) is 0 Å². The number of amides is 3. The molecule has 7 nitrogen and oxygen atoms in total. The number of piperidine rings is 1. The number of hydrogen-bond acceptors (Lipinski definition) is 4. The monoisotopic (exact) mass is 483 g/mol. The fourth-order valence-electron chi connectivity index (χ4n) is 5.83. The zero-order chi connectivity index (χ0) is 24.6. The van der Waals surface area contributed by atoms with Crippen LogP contribution in [-0.4, -0.2) is 80.1 Å². The molecule has 1 aliphatic carbocycles. The molecule has 2 heterocycles. The second-order valence-electron chi connectivity index (χ2n) is 10.8. The van der Waals surface area contributed by atoms with Gasteiger partial charge >= 0.3 is 6.03 Å². The summed E-state index contributed by atoms with van der Waals surface area (Å²) in [5, 5.41) is 6.36. The minimum Gasteiger partial charge on any atom is -0.369 e. The number of carbonyl (C=O) groups excluding carboxylic acids is 2. The molecular formula is C28H45N5O2. The number of nitrogens with one attached hydrogen (secondary N) is 2. The second-order valence-corrected chi connectivity index (χ2v) is 10.8. The van der Waals surface area contributed by atoms with Gasteiger partial charge in [0.15, 0.2) is 0 Å². The Morgan fingerprint density at radius 3 is 2.34 bits per heavy atom. The first-order valence-electron chi connectivity index (χ1n) is 13.9. The Morgan fingerprint density at radius 1 is 0.914 bits per heavy atom. The predicted octanol–water partition coefficient (Wildman–Crippen LogP) is 3.69. The van der Waals surface area contributed by atoms with Gasteiger partial charge in [-0.05, 0) is 62.6 Å². The van der Waals surface area contributed by atoms with Crippen LogP contribution >= 0.6 is 0 Å². The van der Waals surface area contributed by atoms with Gasteiger partial charge in [0.2, 0.25) is 5.91 Å². The van der Waals surface area contributed by atoms with Gasteiger partial charge in [-0.2, -0.15) is 0 Å². The lowest BCUT2D eigenvalue weighted by Gasteiger charge is -2.37. The van der Waals surface area contributed by atoms with Gasteiger partial charge in [0, 0.05) is 70.5 Å². The first kappa shape index (κ1) is 25.8. The largest absolute Gasteiger partial charge is 0.369 e. The molecule has 7 heteroatoms. The molecule has 2 saturated heterocycles. The molecule has 0 bridgehead atoms. The van der Waals surface area contributed by atoms with E-state index in [2.05, 4.69) is 52.5 Å². The Kier molecular flexibility index (Phi) is 9.30. The fraction of sp³-hybridized carbons (Fsp3) is 0.714. The molecule has 2 aliphatic heterocycles. The van der Waals surface area contributed by atoms with E-state index >= 15 is 0 Å². The van der Waals surface area contributed by atoms with Crippen LogP contribution in [0.25, 0.3) is 0 Å². The molecule has 3 aliphatic rings. The summed E-state index contributed by atoms with van der Waals surface area (Å²) in [4.78, 5) is 31.9. The van der Waals surface area contributed by atoms with E-state index in [1.165, 1.54) is 36.1 Å². The molecule has 1 saturated carbocycles. The highest BCUT2D eigenvalue weighted by Gasteiger charge is 2.26. The predicted molar refractivity (Wildman–Crippen MR) is 142 cm³/mol. The normalized spacial score (nSPS) is 20.6. The number of nitrogens with zero attached hydrogens (tertiary/aromatic N) is 3. The number of benzene rings is 1. The van der Waals surface area contributed by atoms with Gasteiger partial charge in [0.1, 0.15) is 0 Å². The van der Waals surface area contributed by atoms with E-state index in [1.807, 2.05) is 4.90 Å². The molecule has 0 atom stereocenters. The first-order valence-corrected chi connectivity index (χ1v) is 13.9. The Hall–Kier alpha value is -2.28. The molecule has 2 N–H and O–H groups in total. The molecule has 3 amide bonds. The number of aryl methyl sites for hydroxylation is 1. The summed E-state index contributed by atoms with van der Waals surface area (Å²) in [6.07, 6.45) is 8.41. The fourth-order valence-corrected chi connectivity index (χ4v) is 5.83. The van der Waals surface area contributed by atoms with Crippen LogP contribution in [0.1, 0.15) is 62.5 Å². The lowest BCUT2D eigenvalue weighted by Crippen LogP contribution is -2.49. The smallest absolute Gasteiger partial charge is 0.317 e. The maximum atomic E-state index is 12.5. The van der Waals surface area contributed by atoms with Crippen LogP contribution in [-0.2, 0) is 4.79 Å². The summed E-state index contributed by atoms with van der Waals surface area (Å²) in [6.45, 7) is 11.7. The van der Waals surface area contributed by atoms with Crippen molar-refractivity contribution in [2.45, 2.75) is 71.3 Å². The summed E-state index contributed by atoms with van der Waals surface area (Å²) in [7, 11) is 0. The van der Waals surface area contributed by atoms with Crippen LogP contribution in [0, 0.1) is 19.8 Å². The highest BCUT2D eigenvalue weighted by atomic mass is 16.2. The Bertz CT molecular complexity index is 838. The SMILES string of the molecule is Cc1cccc(N2CCN(CCNC(=O)CC3CCN(C(=O)NC4CCCCC4)CC3)CC2)c1C. The highest BCUT2D eigenvalue weighted by Crippen LogP contribution is 2.24. The van der Waals surface area contributed by atoms with Gasteiger partial charge < -0.3 is 20.4 Å². The number of urea groups is 1. The van der Waals surface area contributed by atoms with E-state index in [4.69, 9.17) is 0 Å². The van der Waals surface area contributed by atoms with Crippen molar-refractivity contribution in [3.63, 3.8) is 0 Å². The molecule has 0 spiro atoms. The standard InChI is InChI=1S/C28H45N5O2/c1-22-7-6-10-26(23(22)2)32-19-17-31(18-20-32)16-13-29-27(34)21-24-11-14-33(15-12-24)28(35)30-25-8-4-3-5-9-25/h6-7,10,24-25H,3-5,8-9,11-21H2,1-2H3,(H,29,34)(H,30,35). The van der Waals surface area contributed by atoms with Crippen molar-refractivity contribution in [1.82, 2.24) is 20.4 Å². The summed E-state index contributed by atoms with van der Waals surface area (Å²) in [5.41, 5.74) is 4.08. The third kappa shape index (κ3) is 7.35. The number of hydrogen-bond donors (Lipinski definition) is 2. The van der Waals surface area contributed by atoms with Crippen molar-refractivity contribution in [2.24, 2.45) is 5.92 Å². The van der Waals surface area contributed by atoms with E-state index in [0.717, 1.165) is 71.5 Å².